The average molecular weight is 296 g/mol. The molecule has 0 amide bonds. The molecule has 6 heteroatoms. The minimum Gasteiger partial charge on any atom is -0.458 e. The fourth-order valence-electron chi connectivity index (χ4n) is 2.33. The summed E-state index contributed by atoms with van der Waals surface area (Å²) >= 11 is 1.62. The zero-order valence-corrected chi connectivity index (χ0v) is 12.3. The summed E-state index contributed by atoms with van der Waals surface area (Å²) in [7, 11) is 0. The smallest absolute Gasteiger partial charge is 0.294 e. The van der Waals surface area contributed by atoms with E-state index in [9.17, 15) is 4.79 Å². The number of hydrogen-bond acceptors (Lipinski definition) is 5. The third-order valence-electron chi connectivity index (χ3n) is 3.82. The maximum absolute atomic E-state index is 12.0. The molecule has 2 heterocycles. The number of aromatic nitrogens is 2. The van der Waals surface area contributed by atoms with E-state index in [1.807, 2.05) is 0 Å². The number of nitrogens with one attached hydrogen (secondary N) is 1. The Morgan fingerprint density at radius 2 is 2.25 bits per heavy atom. The Bertz CT molecular complexity index is 495. The van der Waals surface area contributed by atoms with Crippen LogP contribution in [-0.4, -0.2) is 28.6 Å². The number of H-pyrrole nitrogens is 1. The number of ether oxygens (including phenoxy) is 2. The number of thioether (sulfide) groups is 1. The van der Waals surface area contributed by atoms with Gasteiger partial charge in [-0.1, -0.05) is 18.2 Å². The van der Waals surface area contributed by atoms with E-state index in [2.05, 4.69) is 9.97 Å². The van der Waals surface area contributed by atoms with Gasteiger partial charge in [0, 0.05) is 12.2 Å². The van der Waals surface area contributed by atoms with Crippen LogP contribution in [0.25, 0.3) is 0 Å². The number of rotatable bonds is 5. The number of aromatic amines is 1. The van der Waals surface area contributed by atoms with Crippen molar-refractivity contribution in [1.82, 2.24) is 9.97 Å². The Morgan fingerprint density at radius 3 is 2.90 bits per heavy atom. The maximum atomic E-state index is 12.0. The van der Waals surface area contributed by atoms with Crippen molar-refractivity contribution in [3.8, 4) is 5.75 Å². The maximum Gasteiger partial charge on any atom is 0.294 e. The van der Waals surface area contributed by atoms with Crippen LogP contribution in [0.2, 0.25) is 0 Å². The first-order valence-corrected chi connectivity index (χ1v) is 8.30. The van der Waals surface area contributed by atoms with E-state index in [1.165, 1.54) is 25.5 Å². The van der Waals surface area contributed by atoms with E-state index in [4.69, 9.17) is 9.47 Å². The molecule has 1 aromatic rings. The molecule has 1 saturated heterocycles. The molecule has 1 aromatic heterocycles. The zero-order valence-electron chi connectivity index (χ0n) is 11.5. The molecule has 2 fully saturated rings. The molecule has 0 bridgehead atoms. The van der Waals surface area contributed by atoms with Crippen LogP contribution in [0.4, 0.5) is 0 Å². The lowest BCUT2D eigenvalue weighted by molar-refractivity contribution is -0.106. The minimum absolute atomic E-state index is 0.217. The van der Waals surface area contributed by atoms with Crippen LogP contribution in [0.3, 0.4) is 0 Å². The van der Waals surface area contributed by atoms with Gasteiger partial charge < -0.3 is 9.47 Å². The van der Waals surface area contributed by atoms with Gasteiger partial charge in [-0.25, -0.2) is 4.98 Å². The summed E-state index contributed by atoms with van der Waals surface area (Å²) in [5.74, 6) is 2.08. The summed E-state index contributed by atoms with van der Waals surface area (Å²) in [5, 5.41) is 0.679. The predicted octanol–water partition coefficient (Wildman–Crippen LogP) is 2.57. The predicted molar refractivity (Wildman–Crippen MR) is 77.1 cm³/mol. The van der Waals surface area contributed by atoms with Gasteiger partial charge in [-0.05, 0) is 31.6 Å². The van der Waals surface area contributed by atoms with E-state index in [0.29, 0.717) is 11.8 Å². The quantitative estimate of drug-likeness (QED) is 0.668. The first kappa shape index (κ1) is 13.9. The van der Waals surface area contributed by atoms with Crippen molar-refractivity contribution in [2.24, 2.45) is 5.92 Å². The number of hydrogen-bond donors (Lipinski definition) is 1. The third kappa shape index (κ3) is 3.55. The first-order chi connectivity index (χ1) is 9.81. The highest BCUT2D eigenvalue weighted by molar-refractivity contribution is 7.99. The molecule has 1 aliphatic heterocycles. The third-order valence-corrected chi connectivity index (χ3v) is 4.94. The Balaban J connectivity index is 1.56. The lowest BCUT2D eigenvalue weighted by Crippen LogP contribution is -2.28. The van der Waals surface area contributed by atoms with Gasteiger partial charge >= 0.3 is 0 Å². The lowest BCUT2D eigenvalue weighted by Gasteiger charge is -2.24. The standard InChI is InChI=1S/C14H20N2O3S/c17-13-11(19-12-6-1-2-7-18-12)8-15-14(16-13)20-9-10-4-3-5-10/h8,10,12H,1-7,9H2,(H,15,16,17). The van der Waals surface area contributed by atoms with E-state index < -0.39 is 0 Å². The van der Waals surface area contributed by atoms with Crippen molar-refractivity contribution in [3.63, 3.8) is 0 Å². The second-order valence-electron chi connectivity index (χ2n) is 5.40. The van der Waals surface area contributed by atoms with Gasteiger partial charge in [-0.2, -0.15) is 0 Å². The van der Waals surface area contributed by atoms with Gasteiger partial charge in [0.15, 0.2) is 11.4 Å². The topological polar surface area (TPSA) is 64.2 Å². The molecular formula is C14H20N2O3S. The largest absolute Gasteiger partial charge is 0.458 e. The average Bonchev–Trinajstić information content (AvgIpc) is 2.41. The normalized spacial score (nSPS) is 23.3. The molecule has 0 radical (unpaired) electrons. The van der Waals surface area contributed by atoms with Crippen LogP contribution in [0.1, 0.15) is 38.5 Å². The molecule has 0 spiro atoms. The van der Waals surface area contributed by atoms with Crippen molar-refractivity contribution in [2.75, 3.05) is 12.4 Å². The number of nitrogens with zero attached hydrogens (tertiary/aromatic N) is 1. The van der Waals surface area contributed by atoms with Gasteiger partial charge in [0.1, 0.15) is 0 Å². The van der Waals surface area contributed by atoms with Crippen molar-refractivity contribution < 1.29 is 9.47 Å². The highest BCUT2D eigenvalue weighted by atomic mass is 32.2. The molecule has 1 aliphatic carbocycles. The minimum atomic E-state index is -0.305. The summed E-state index contributed by atoms with van der Waals surface area (Å²) in [6.07, 6.45) is 8.12. The summed E-state index contributed by atoms with van der Waals surface area (Å²) in [6, 6.07) is 0. The lowest BCUT2D eigenvalue weighted by atomic mass is 9.87. The van der Waals surface area contributed by atoms with Crippen LogP contribution in [0.5, 0.6) is 5.75 Å². The highest BCUT2D eigenvalue weighted by Crippen LogP contribution is 2.31. The van der Waals surface area contributed by atoms with Gasteiger partial charge in [0.05, 0.1) is 12.8 Å². The monoisotopic (exact) mass is 296 g/mol. The van der Waals surface area contributed by atoms with Gasteiger partial charge in [-0.15, -0.1) is 0 Å². The van der Waals surface area contributed by atoms with Gasteiger partial charge in [0.2, 0.25) is 5.75 Å². The zero-order chi connectivity index (χ0) is 13.8. The Labute approximate surface area is 122 Å². The van der Waals surface area contributed by atoms with Crippen LogP contribution >= 0.6 is 11.8 Å². The van der Waals surface area contributed by atoms with Gasteiger partial charge in [-0.3, -0.25) is 9.78 Å². The summed E-state index contributed by atoms with van der Waals surface area (Å²) in [5.41, 5.74) is -0.217. The highest BCUT2D eigenvalue weighted by Gasteiger charge is 2.19. The molecule has 1 N–H and O–H groups in total. The van der Waals surface area contributed by atoms with Crippen LogP contribution < -0.4 is 10.3 Å². The summed E-state index contributed by atoms with van der Waals surface area (Å²) in [4.78, 5) is 19.0. The van der Waals surface area contributed by atoms with Crippen molar-refractivity contribution in [2.45, 2.75) is 50.0 Å². The van der Waals surface area contributed by atoms with E-state index in [1.54, 1.807) is 11.8 Å². The first-order valence-electron chi connectivity index (χ1n) is 7.31. The van der Waals surface area contributed by atoms with Gasteiger partial charge in [0.25, 0.3) is 5.56 Å². The van der Waals surface area contributed by atoms with E-state index in [0.717, 1.165) is 30.9 Å². The fourth-order valence-corrected chi connectivity index (χ4v) is 3.35. The molecule has 2 aliphatic rings. The second-order valence-corrected chi connectivity index (χ2v) is 6.41. The molecule has 0 aromatic carbocycles. The SMILES string of the molecule is O=c1[nH]c(SCC2CCC2)ncc1OC1CCCCO1. The van der Waals surface area contributed by atoms with Crippen LogP contribution in [0, 0.1) is 5.92 Å². The Hall–Kier alpha value is -1.01. The van der Waals surface area contributed by atoms with Crippen molar-refractivity contribution in [1.29, 1.82) is 0 Å². The molecule has 20 heavy (non-hydrogen) atoms. The fraction of sp³-hybridized carbons (Fsp3) is 0.714. The molecule has 1 atom stereocenters. The molecule has 110 valence electrons. The Kier molecular flexibility index (Phi) is 4.62. The Morgan fingerprint density at radius 1 is 1.35 bits per heavy atom. The van der Waals surface area contributed by atoms with Crippen molar-refractivity contribution >= 4 is 11.8 Å². The molecule has 3 rings (SSSR count). The van der Waals surface area contributed by atoms with E-state index >= 15 is 0 Å². The van der Waals surface area contributed by atoms with Crippen LogP contribution in [-0.2, 0) is 4.74 Å². The second kappa shape index (κ2) is 6.63. The summed E-state index contributed by atoms with van der Waals surface area (Å²) < 4.78 is 11.0. The molecule has 1 unspecified atom stereocenters. The summed E-state index contributed by atoms with van der Waals surface area (Å²) in [6.45, 7) is 0.700. The van der Waals surface area contributed by atoms with Crippen LogP contribution in [0.15, 0.2) is 16.1 Å². The van der Waals surface area contributed by atoms with E-state index in [-0.39, 0.29) is 17.6 Å². The molecule has 5 nitrogen and oxygen atoms in total. The van der Waals surface area contributed by atoms with Crippen molar-refractivity contribution in [3.05, 3.63) is 16.6 Å². The molecular weight excluding hydrogens is 276 g/mol. The molecule has 1 saturated carbocycles.